The zero-order valence-electron chi connectivity index (χ0n) is 10.1. The second-order valence-corrected chi connectivity index (χ2v) is 5.12. The molecule has 1 aromatic rings. The van der Waals surface area contributed by atoms with Crippen LogP contribution in [0.1, 0.15) is 19.4 Å². The summed E-state index contributed by atoms with van der Waals surface area (Å²) in [4.78, 5) is 28.8. The molecule has 0 saturated heterocycles. The van der Waals surface area contributed by atoms with Crippen molar-refractivity contribution in [3.63, 3.8) is 0 Å². The molecule has 0 atom stereocenters. The van der Waals surface area contributed by atoms with Crippen LogP contribution in [0.4, 0.5) is 0 Å². The molecule has 0 spiro atoms. The van der Waals surface area contributed by atoms with E-state index in [0.717, 1.165) is 0 Å². The molecule has 0 bridgehead atoms. The van der Waals surface area contributed by atoms with Gasteiger partial charge in [-0.05, 0) is 6.07 Å². The van der Waals surface area contributed by atoms with E-state index in [1.807, 2.05) is 0 Å². The number of hydrogen-bond donors (Lipinski definition) is 2. The minimum Gasteiger partial charge on any atom is -0.460 e. The maximum Gasteiger partial charge on any atom is 0.524 e. The topological polar surface area (TPSA) is 93.1 Å². The molecule has 0 fully saturated rings. The number of phosphoric acid groups is 1. The van der Waals surface area contributed by atoms with Crippen LogP contribution in [0.25, 0.3) is 0 Å². The van der Waals surface area contributed by atoms with E-state index < -0.39 is 7.82 Å². The molecule has 0 aliphatic heterocycles. The summed E-state index contributed by atoms with van der Waals surface area (Å²) in [5.74, 6) is -0.650. The van der Waals surface area contributed by atoms with Crippen molar-refractivity contribution in [2.45, 2.75) is 20.5 Å². The van der Waals surface area contributed by atoms with Crippen molar-refractivity contribution in [1.82, 2.24) is 0 Å². The molecule has 0 aromatic heterocycles. The fourth-order valence-electron chi connectivity index (χ4n) is 1.16. The van der Waals surface area contributed by atoms with Crippen LogP contribution in [0.2, 0.25) is 0 Å². The summed E-state index contributed by atoms with van der Waals surface area (Å²) in [6.45, 7) is 3.30. The Kier molecular flexibility index (Phi) is 4.90. The van der Waals surface area contributed by atoms with E-state index >= 15 is 0 Å². The number of ether oxygens (including phenoxy) is 1. The lowest BCUT2D eigenvalue weighted by atomic mass is 10.2. The lowest BCUT2D eigenvalue weighted by molar-refractivity contribution is -0.148. The van der Waals surface area contributed by atoms with Gasteiger partial charge in [-0.25, -0.2) is 4.57 Å². The van der Waals surface area contributed by atoms with E-state index in [1.54, 1.807) is 32.0 Å². The molecule has 2 N–H and O–H groups in total. The standard InChI is InChI=1S/C11H15O6P/c1-8(2)11(12)16-7-9-5-3-4-6-10(9)17-18(13,14)15/h3-6,8H,7H2,1-2H3,(H2,13,14,15). The summed E-state index contributed by atoms with van der Waals surface area (Å²) in [6.07, 6.45) is 0. The molecule has 0 saturated carbocycles. The summed E-state index contributed by atoms with van der Waals surface area (Å²) in [6, 6.07) is 6.19. The zero-order chi connectivity index (χ0) is 13.8. The highest BCUT2D eigenvalue weighted by atomic mass is 31.2. The first-order chi connectivity index (χ1) is 8.29. The second kappa shape index (κ2) is 6.00. The van der Waals surface area contributed by atoms with Crippen molar-refractivity contribution in [3.05, 3.63) is 29.8 Å². The van der Waals surface area contributed by atoms with E-state index in [9.17, 15) is 9.36 Å². The van der Waals surface area contributed by atoms with Crippen molar-refractivity contribution in [3.8, 4) is 5.75 Å². The molecular weight excluding hydrogens is 259 g/mol. The van der Waals surface area contributed by atoms with Gasteiger partial charge in [-0.15, -0.1) is 0 Å². The predicted octanol–water partition coefficient (Wildman–Crippen LogP) is 1.86. The molecule has 1 rings (SSSR count). The van der Waals surface area contributed by atoms with Gasteiger partial charge in [-0.3, -0.25) is 14.6 Å². The Morgan fingerprint density at radius 3 is 2.50 bits per heavy atom. The number of para-hydroxylation sites is 1. The number of phosphoric ester groups is 1. The molecule has 0 aliphatic carbocycles. The first kappa shape index (κ1) is 14.7. The third kappa shape index (κ3) is 4.87. The summed E-state index contributed by atoms with van der Waals surface area (Å²) < 4.78 is 20.2. The van der Waals surface area contributed by atoms with Gasteiger partial charge in [-0.1, -0.05) is 32.0 Å². The van der Waals surface area contributed by atoms with E-state index in [4.69, 9.17) is 14.5 Å². The van der Waals surface area contributed by atoms with Crippen molar-refractivity contribution in [2.75, 3.05) is 0 Å². The van der Waals surface area contributed by atoms with Gasteiger partial charge in [0.1, 0.15) is 12.4 Å². The smallest absolute Gasteiger partial charge is 0.460 e. The van der Waals surface area contributed by atoms with Gasteiger partial charge < -0.3 is 9.26 Å². The maximum absolute atomic E-state index is 11.3. The number of hydrogen-bond acceptors (Lipinski definition) is 4. The summed E-state index contributed by atoms with van der Waals surface area (Å²) in [5.41, 5.74) is 0.398. The quantitative estimate of drug-likeness (QED) is 0.628. The van der Waals surface area contributed by atoms with E-state index in [-0.39, 0.29) is 24.2 Å². The third-order valence-electron chi connectivity index (χ3n) is 2.03. The summed E-state index contributed by atoms with van der Waals surface area (Å²) in [7, 11) is -4.62. The molecule has 0 unspecified atom stereocenters. The SMILES string of the molecule is CC(C)C(=O)OCc1ccccc1OP(=O)(O)O. The monoisotopic (exact) mass is 274 g/mol. The van der Waals surface area contributed by atoms with Crippen LogP contribution in [0.15, 0.2) is 24.3 Å². The number of rotatable bonds is 5. The van der Waals surface area contributed by atoms with Gasteiger partial charge >= 0.3 is 13.8 Å². The van der Waals surface area contributed by atoms with Crippen molar-refractivity contribution in [1.29, 1.82) is 0 Å². The van der Waals surface area contributed by atoms with Gasteiger partial charge in [0.15, 0.2) is 0 Å². The average Bonchev–Trinajstić information content (AvgIpc) is 2.25. The van der Waals surface area contributed by atoms with Crippen LogP contribution in [0, 0.1) is 5.92 Å². The highest BCUT2D eigenvalue weighted by Gasteiger charge is 2.18. The normalized spacial score (nSPS) is 11.4. The molecule has 0 amide bonds. The molecule has 6 nitrogen and oxygen atoms in total. The number of benzene rings is 1. The Balaban J connectivity index is 2.77. The third-order valence-corrected chi connectivity index (χ3v) is 2.47. The molecule has 1 aromatic carbocycles. The maximum atomic E-state index is 11.3. The minimum absolute atomic E-state index is 0.00221. The van der Waals surface area contributed by atoms with Crippen molar-refractivity contribution < 1.29 is 28.4 Å². The molecule has 7 heteroatoms. The zero-order valence-corrected chi connectivity index (χ0v) is 11.0. The highest BCUT2D eigenvalue weighted by molar-refractivity contribution is 7.46. The molecule has 18 heavy (non-hydrogen) atoms. The van der Waals surface area contributed by atoms with Gasteiger partial charge in [0.25, 0.3) is 0 Å². The van der Waals surface area contributed by atoms with Gasteiger partial charge in [0, 0.05) is 5.56 Å². The molecular formula is C11H15O6P. The van der Waals surface area contributed by atoms with Crippen molar-refractivity contribution >= 4 is 13.8 Å². The Hall–Kier alpha value is -1.36. The lowest BCUT2D eigenvalue weighted by Gasteiger charge is -2.12. The van der Waals surface area contributed by atoms with Gasteiger partial charge in [0.2, 0.25) is 0 Å². The van der Waals surface area contributed by atoms with Crippen LogP contribution < -0.4 is 4.52 Å². The summed E-state index contributed by atoms with van der Waals surface area (Å²) >= 11 is 0. The van der Waals surface area contributed by atoms with Gasteiger partial charge in [0.05, 0.1) is 5.92 Å². The number of esters is 1. The van der Waals surface area contributed by atoms with Crippen LogP contribution in [0.3, 0.4) is 0 Å². The Morgan fingerprint density at radius 2 is 1.94 bits per heavy atom. The Labute approximate surface area is 105 Å². The molecule has 100 valence electrons. The first-order valence-electron chi connectivity index (χ1n) is 5.29. The Morgan fingerprint density at radius 1 is 1.33 bits per heavy atom. The fourth-order valence-corrected chi connectivity index (χ4v) is 1.59. The lowest BCUT2D eigenvalue weighted by Crippen LogP contribution is -2.11. The van der Waals surface area contributed by atoms with Crippen molar-refractivity contribution in [2.24, 2.45) is 5.92 Å². The fraction of sp³-hybridized carbons (Fsp3) is 0.364. The van der Waals surface area contributed by atoms with Crippen LogP contribution in [-0.2, 0) is 20.7 Å². The van der Waals surface area contributed by atoms with E-state index in [2.05, 4.69) is 4.52 Å². The molecule has 0 radical (unpaired) electrons. The number of carbonyl (C=O) groups is 1. The average molecular weight is 274 g/mol. The molecule has 0 aliphatic rings. The minimum atomic E-state index is -4.62. The van der Waals surface area contributed by atoms with Crippen LogP contribution in [0.5, 0.6) is 5.75 Å². The number of carbonyl (C=O) groups excluding carboxylic acids is 1. The summed E-state index contributed by atoms with van der Waals surface area (Å²) in [5, 5.41) is 0. The van der Waals surface area contributed by atoms with Crippen LogP contribution in [-0.4, -0.2) is 15.8 Å². The Bertz CT molecular complexity index is 464. The van der Waals surface area contributed by atoms with E-state index in [1.165, 1.54) is 6.07 Å². The molecule has 0 heterocycles. The highest BCUT2D eigenvalue weighted by Crippen LogP contribution is 2.39. The first-order valence-corrected chi connectivity index (χ1v) is 6.82. The largest absolute Gasteiger partial charge is 0.524 e. The second-order valence-electron chi connectivity index (χ2n) is 3.95. The van der Waals surface area contributed by atoms with Gasteiger partial charge in [-0.2, -0.15) is 0 Å². The van der Waals surface area contributed by atoms with E-state index in [0.29, 0.717) is 5.56 Å². The van der Waals surface area contributed by atoms with Crippen LogP contribution >= 0.6 is 7.82 Å². The predicted molar refractivity (Wildman–Crippen MR) is 63.7 cm³/mol.